The van der Waals surface area contributed by atoms with E-state index in [0.717, 1.165) is 17.7 Å². The third kappa shape index (κ3) is 5.22. The number of carbonyl (C=O) groups is 1. The maximum Gasteiger partial charge on any atom is 0.387 e. The van der Waals surface area contributed by atoms with Crippen molar-refractivity contribution in [3.8, 4) is 11.5 Å². The molecule has 0 unspecified atom stereocenters. The van der Waals surface area contributed by atoms with E-state index in [2.05, 4.69) is 10.1 Å². The molecule has 2 rings (SSSR count). The molecular weight excluding hydrogens is 316 g/mol. The van der Waals surface area contributed by atoms with Gasteiger partial charge in [0.2, 0.25) is 0 Å². The number of carbonyl (C=O) groups excluding carboxylic acids is 1. The van der Waals surface area contributed by atoms with Gasteiger partial charge in [-0.15, -0.1) is 0 Å². The number of ether oxygens (including phenoxy) is 2. The van der Waals surface area contributed by atoms with E-state index in [4.69, 9.17) is 4.74 Å². The minimum Gasteiger partial charge on any atom is -0.494 e. The van der Waals surface area contributed by atoms with Crippen LogP contribution >= 0.6 is 0 Å². The molecule has 0 radical (unpaired) electrons. The fourth-order valence-electron chi connectivity index (χ4n) is 2.05. The molecule has 0 saturated heterocycles. The summed E-state index contributed by atoms with van der Waals surface area (Å²) in [6.07, 6.45) is 0.928. The Morgan fingerprint density at radius 1 is 1.12 bits per heavy atom. The van der Waals surface area contributed by atoms with Crippen molar-refractivity contribution in [3.63, 3.8) is 0 Å². The zero-order valence-corrected chi connectivity index (χ0v) is 13.3. The molecule has 4 nitrogen and oxygen atoms in total. The Bertz CT molecular complexity index is 660. The highest BCUT2D eigenvalue weighted by atomic mass is 19.3. The first-order chi connectivity index (χ1) is 11.6. The number of benzene rings is 2. The average Bonchev–Trinajstić information content (AvgIpc) is 2.58. The average molecular weight is 335 g/mol. The van der Waals surface area contributed by atoms with Crippen molar-refractivity contribution in [1.29, 1.82) is 0 Å². The van der Waals surface area contributed by atoms with Gasteiger partial charge in [0, 0.05) is 6.54 Å². The zero-order chi connectivity index (χ0) is 17.4. The Morgan fingerprint density at radius 3 is 2.50 bits per heavy atom. The summed E-state index contributed by atoms with van der Waals surface area (Å²) in [7, 11) is 0. The van der Waals surface area contributed by atoms with Crippen molar-refractivity contribution in [2.75, 3.05) is 6.61 Å². The van der Waals surface area contributed by atoms with Gasteiger partial charge in [-0.3, -0.25) is 4.79 Å². The lowest BCUT2D eigenvalue weighted by atomic mass is 10.1. The third-order valence-electron chi connectivity index (χ3n) is 3.20. The molecule has 1 amide bonds. The van der Waals surface area contributed by atoms with Crippen molar-refractivity contribution in [3.05, 3.63) is 59.7 Å². The minimum absolute atomic E-state index is 0.0701. The molecular formula is C18H19F2NO3. The molecule has 6 heteroatoms. The minimum atomic E-state index is -2.98. The highest BCUT2D eigenvalue weighted by Gasteiger charge is 2.14. The highest BCUT2D eigenvalue weighted by Crippen LogP contribution is 2.20. The van der Waals surface area contributed by atoms with Crippen LogP contribution < -0.4 is 14.8 Å². The maximum atomic E-state index is 12.4. The molecule has 1 N–H and O–H groups in total. The molecule has 0 atom stereocenters. The fraction of sp³-hybridized carbons (Fsp3) is 0.278. The van der Waals surface area contributed by atoms with E-state index in [1.165, 1.54) is 18.2 Å². The molecule has 0 saturated carbocycles. The zero-order valence-electron chi connectivity index (χ0n) is 13.3. The monoisotopic (exact) mass is 335 g/mol. The number of rotatable bonds is 8. The Morgan fingerprint density at radius 2 is 1.83 bits per heavy atom. The Balaban J connectivity index is 1.96. The topological polar surface area (TPSA) is 47.6 Å². The van der Waals surface area contributed by atoms with Crippen molar-refractivity contribution in [2.45, 2.75) is 26.5 Å². The van der Waals surface area contributed by atoms with E-state index in [9.17, 15) is 13.6 Å². The summed E-state index contributed by atoms with van der Waals surface area (Å²) in [4.78, 5) is 12.2. The van der Waals surface area contributed by atoms with Crippen molar-refractivity contribution < 1.29 is 23.0 Å². The van der Waals surface area contributed by atoms with Gasteiger partial charge >= 0.3 is 6.61 Å². The summed E-state index contributed by atoms with van der Waals surface area (Å²) in [5.74, 6) is 0.147. The van der Waals surface area contributed by atoms with Crippen LogP contribution in [0.5, 0.6) is 11.5 Å². The predicted molar refractivity (Wildman–Crippen MR) is 86.5 cm³/mol. The van der Waals surface area contributed by atoms with Crippen LogP contribution in [0.3, 0.4) is 0 Å². The molecule has 0 bridgehead atoms. The summed E-state index contributed by atoms with van der Waals surface area (Å²) in [6.45, 7) is -0.0264. The maximum absolute atomic E-state index is 12.4. The molecule has 2 aromatic carbocycles. The van der Waals surface area contributed by atoms with Crippen LogP contribution in [0.1, 0.15) is 29.3 Å². The lowest BCUT2D eigenvalue weighted by molar-refractivity contribution is -0.0501. The summed E-state index contributed by atoms with van der Waals surface area (Å²) < 4.78 is 34.6. The van der Waals surface area contributed by atoms with Crippen molar-refractivity contribution >= 4 is 5.91 Å². The molecule has 128 valence electrons. The summed E-state index contributed by atoms with van der Waals surface area (Å²) in [5, 5.41) is 2.69. The summed E-state index contributed by atoms with van der Waals surface area (Å²) in [6, 6.07) is 13.2. The second-order valence-electron chi connectivity index (χ2n) is 5.05. The van der Waals surface area contributed by atoms with Crippen molar-refractivity contribution in [1.82, 2.24) is 5.32 Å². The van der Waals surface area contributed by atoms with E-state index >= 15 is 0 Å². The molecule has 0 heterocycles. The lowest BCUT2D eigenvalue weighted by Crippen LogP contribution is -2.23. The quantitative estimate of drug-likeness (QED) is 0.793. The number of hydrogen-bond acceptors (Lipinski definition) is 3. The van der Waals surface area contributed by atoms with Gasteiger partial charge in [-0.1, -0.05) is 31.2 Å². The second-order valence-corrected chi connectivity index (χ2v) is 5.05. The first-order valence-corrected chi connectivity index (χ1v) is 7.64. The number of nitrogens with one attached hydrogen (secondary N) is 1. The van der Waals surface area contributed by atoms with Gasteiger partial charge in [0.1, 0.15) is 11.5 Å². The molecule has 0 fully saturated rings. The molecule has 0 spiro atoms. The van der Waals surface area contributed by atoms with Crippen LogP contribution in [0.4, 0.5) is 8.78 Å². The number of amides is 1. The van der Waals surface area contributed by atoms with E-state index in [1.807, 2.05) is 31.2 Å². The number of para-hydroxylation sites is 1. The van der Waals surface area contributed by atoms with Gasteiger partial charge in [-0.2, -0.15) is 8.78 Å². The van der Waals surface area contributed by atoms with Crippen LogP contribution in [0, 0.1) is 0 Å². The van der Waals surface area contributed by atoms with E-state index in [-0.39, 0.29) is 17.9 Å². The van der Waals surface area contributed by atoms with E-state index < -0.39 is 12.5 Å². The molecule has 2 aromatic rings. The largest absolute Gasteiger partial charge is 0.494 e. The number of alkyl halides is 2. The SMILES string of the molecule is CCCOc1ccc(CNC(=O)c2ccccc2OC(F)F)cc1. The van der Waals surface area contributed by atoms with Gasteiger partial charge in [-0.05, 0) is 36.2 Å². The van der Waals surface area contributed by atoms with E-state index in [0.29, 0.717) is 6.61 Å². The second kappa shape index (κ2) is 8.86. The first-order valence-electron chi connectivity index (χ1n) is 7.64. The van der Waals surface area contributed by atoms with Gasteiger partial charge in [0.05, 0.1) is 12.2 Å². The molecule has 0 aliphatic carbocycles. The normalized spacial score (nSPS) is 10.5. The molecule has 0 aromatic heterocycles. The first kappa shape index (κ1) is 17.7. The van der Waals surface area contributed by atoms with Crippen LogP contribution in [0.25, 0.3) is 0 Å². The molecule has 0 aliphatic heterocycles. The molecule has 0 aliphatic rings. The predicted octanol–water partition coefficient (Wildman–Crippen LogP) is 4.01. The van der Waals surface area contributed by atoms with Gasteiger partial charge < -0.3 is 14.8 Å². The standard InChI is InChI=1S/C18H19F2NO3/c1-2-11-23-14-9-7-13(8-10-14)12-21-17(22)15-5-3-4-6-16(15)24-18(19)20/h3-10,18H,2,11-12H2,1H3,(H,21,22). The summed E-state index contributed by atoms with van der Waals surface area (Å²) in [5.41, 5.74) is 0.945. The van der Waals surface area contributed by atoms with Crippen LogP contribution in [0.2, 0.25) is 0 Å². The van der Waals surface area contributed by atoms with Gasteiger partial charge in [0.25, 0.3) is 5.91 Å². The lowest BCUT2D eigenvalue weighted by Gasteiger charge is -2.11. The smallest absolute Gasteiger partial charge is 0.387 e. The van der Waals surface area contributed by atoms with Crippen LogP contribution in [0.15, 0.2) is 48.5 Å². The number of halogens is 2. The number of hydrogen-bond donors (Lipinski definition) is 1. The fourth-order valence-corrected chi connectivity index (χ4v) is 2.05. The van der Waals surface area contributed by atoms with Crippen LogP contribution in [-0.2, 0) is 6.54 Å². The third-order valence-corrected chi connectivity index (χ3v) is 3.20. The van der Waals surface area contributed by atoms with Gasteiger partial charge in [0.15, 0.2) is 0 Å². The van der Waals surface area contributed by atoms with E-state index in [1.54, 1.807) is 6.07 Å². The summed E-state index contributed by atoms with van der Waals surface area (Å²) >= 11 is 0. The Hall–Kier alpha value is -2.63. The Labute approximate surface area is 139 Å². The van der Waals surface area contributed by atoms with Crippen LogP contribution in [-0.4, -0.2) is 19.1 Å². The van der Waals surface area contributed by atoms with Gasteiger partial charge in [-0.25, -0.2) is 0 Å². The molecule has 24 heavy (non-hydrogen) atoms. The van der Waals surface area contributed by atoms with Crippen molar-refractivity contribution in [2.24, 2.45) is 0 Å². The highest BCUT2D eigenvalue weighted by molar-refractivity contribution is 5.96. The Kier molecular flexibility index (Phi) is 6.54.